The van der Waals surface area contributed by atoms with Crippen molar-refractivity contribution in [2.45, 2.75) is 44.6 Å². The number of hydrogen-bond acceptors (Lipinski definition) is 3. The minimum atomic E-state index is 0.402. The van der Waals surface area contributed by atoms with E-state index in [1.165, 1.54) is 0 Å². The lowest BCUT2D eigenvalue weighted by molar-refractivity contribution is -0.0265. The zero-order valence-corrected chi connectivity index (χ0v) is 12.2. The molecule has 96 valence electrons. The van der Waals surface area contributed by atoms with E-state index in [0.717, 1.165) is 37.8 Å². The van der Waals surface area contributed by atoms with E-state index in [1.54, 1.807) is 0 Å². The topological polar surface area (TPSA) is 12.5 Å². The number of ether oxygens (including phenoxy) is 1. The van der Waals surface area contributed by atoms with E-state index in [0.29, 0.717) is 17.4 Å². The molecule has 1 aliphatic rings. The monoisotopic (exact) mass is 265 g/mol. The molecule has 0 bridgehead atoms. The zero-order chi connectivity index (χ0) is 12.0. The van der Waals surface area contributed by atoms with Gasteiger partial charge in [0.2, 0.25) is 0 Å². The summed E-state index contributed by atoms with van der Waals surface area (Å²) in [7, 11) is 0. The van der Waals surface area contributed by atoms with Crippen LogP contribution in [0.2, 0.25) is 0 Å². The van der Waals surface area contributed by atoms with Crippen molar-refractivity contribution in [3.8, 4) is 0 Å². The molecule has 0 amide bonds. The molecule has 0 spiro atoms. The molecule has 1 heterocycles. The van der Waals surface area contributed by atoms with Crippen LogP contribution in [0.3, 0.4) is 0 Å². The third-order valence-corrected chi connectivity index (χ3v) is 4.57. The van der Waals surface area contributed by atoms with Gasteiger partial charge in [0.05, 0.1) is 12.7 Å². The van der Waals surface area contributed by atoms with E-state index >= 15 is 0 Å². The highest BCUT2D eigenvalue weighted by molar-refractivity contribution is 7.99. The summed E-state index contributed by atoms with van der Waals surface area (Å²) in [6.45, 7) is 9.80. The Morgan fingerprint density at radius 2 is 2.19 bits per heavy atom. The van der Waals surface area contributed by atoms with Gasteiger partial charge >= 0.3 is 0 Å². The van der Waals surface area contributed by atoms with Gasteiger partial charge in [-0.3, -0.25) is 4.90 Å². The van der Waals surface area contributed by atoms with Crippen molar-refractivity contribution >= 4 is 23.4 Å². The maximum absolute atomic E-state index is 5.79. The Kier molecular flexibility index (Phi) is 7.13. The molecule has 0 aromatic rings. The summed E-state index contributed by atoms with van der Waals surface area (Å²) < 4.78 is 5.79. The molecule has 2 atom stereocenters. The number of hydrogen-bond donors (Lipinski definition) is 0. The predicted molar refractivity (Wildman–Crippen MR) is 73.7 cm³/mol. The van der Waals surface area contributed by atoms with Crippen LogP contribution in [0.1, 0.15) is 27.2 Å². The fraction of sp³-hybridized carbons (Fsp3) is 1.00. The molecule has 0 saturated carbocycles. The van der Waals surface area contributed by atoms with Crippen LogP contribution in [0.25, 0.3) is 0 Å². The quantitative estimate of drug-likeness (QED) is 0.686. The van der Waals surface area contributed by atoms with Crippen LogP contribution in [0.4, 0.5) is 0 Å². The second kappa shape index (κ2) is 7.80. The number of rotatable bonds is 6. The van der Waals surface area contributed by atoms with Crippen LogP contribution in [-0.2, 0) is 4.74 Å². The molecule has 1 saturated heterocycles. The van der Waals surface area contributed by atoms with Crippen molar-refractivity contribution in [1.82, 2.24) is 4.90 Å². The molecule has 0 aliphatic carbocycles. The molecule has 4 heteroatoms. The molecule has 0 aromatic carbocycles. The molecule has 0 N–H and O–H groups in total. The molecule has 2 unspecified atom stereocenters. The summed E-state index contributed by atoms with van der Waals surface area (Å²) >= 11 is 7.71. The first kappa shape index (κ1) is 14.6. The molecular formula is C12H24ClNOS. The van der Waals surface area contributed by atoms with Crippen LogP contribution in [0.5, 0.6) is 0 Å². The highest BCUT2D eigenvalue weighted by atomic mass is 35.5. The van der Waals surface area contributed by atoms with Crippen molar-refractivity contribution in [2.75, 3.05) is 31.3 Å². The standard InChI is InChI=1S/C12H24ClNOS/c1-10(2)14-6-7-15-12(8-14)9-16-11(3)4-5-13/h10-12H,4-9H2,1-3H3. The molecule has 1 rings (SSSR count). The summed E-state index contributed by atoms with van der Waals surface area (Å²) in [4.78, 5) is 2.50. The van der Waals surface area contributed by atoms with E-state index in [2.05, 4.69) is 25.7 Å². The van der Waals surface area contributed by atoms with Gasteiger partial charge in [-0.05, 0) is 20.3 Å². The normalized spacial score (nSPS) is 24.9. The minimum Gasteiger partial charge on any atom is -0.375 e. The zero-order valence-electron chi connectivity index (χ0n) is 10.6. The lowest BCUT2D eigenvalue weighted by Gasteiger charge is -2.35. The minimum absolute atomic E-state index is 0.402. The Bertz CT molecular complexity index is 192. The molecular weight excluding hydrogens is 242 g/mol. The lowest BCUT2D eigenvalue weighted by Crippen LogP contribution is -2.46. The number of nitrogens with zero attached hydrogens (tertiary/aromatic N) is 1. The summed E-state index contributed by atoms with van der Waals surface area (Å²) in [6, 6.07) is 0.636. The second-order valence-corrected chi connectivity index (χ2v) is 6.55. The lowest BCUT2D eigenvalue weighted by atomic mass is 10.2. The van der Waals surface area contributed by atoms with Crippen LogP contribution in [0, 0.1) is 0 Å². The van der Waals surface area contributed by atoms with Crippen molar-refractivity contribution in [3.63, 3.8) is 0 Å². The molecule has 0 aromatic heterocycles. The third-order valence-electron chi connectivity index (χ3n) is 2.98. The average molecular weight is 266 g/mol. The number of alkyl halides is 1. The van der Waals surface area contributed by atoms with Crippen molar-refractivity contribution in [1.29, 1.82) is 0 Å². The summed E-state index contributed by atoms with van der Waals surface area (Å²) in [5, 5.41) is 0.649. The summed E-state index contributed by atoms with van der Waals surface area (Å²) in [5.74, 6) is 1.86. The maximum atomic E-state index is 5.79. The fourth-order valence-electron chi connectivity index (χ4n) is 1.82. The number of halogens is 1. The van der Waals surface area contributed by atoms with E-state index in [4.69, 9.17) is 16.3 Å². The van der Waals surface area contributed by atoms with Crippen LogP contribution >= 0.6 is 23.4 Å². The third kappa shape index (κ3) is 5.26. The van der Waals surface area contributed by atoms with Gasteiger partial charge in [-0.15, -0.1) is 11.6 Å². The van der Waals surface area contributed by atoms with Crippen molar-refractivity contribution in [3.05, 3.63) is 0 Å². The Hall–Kier alpha value is 0.560. The van der Waals surface area contributed by atoms with Gasteiger partial charge in [-0.2, -0.15) is 11.8 Å². The highest BCUT2D eigenvalue weighted by Crippen LogP contribution is 2.19. The first-order chi connectivity index (χ1) is 7.63. The largest absolute Gasteiger partial charge is 0.375 e. The molecule has 16 heavy (non-hydrogen) atoms. The summed E-state index contributed by atoms with van der Waals surface area (Å²) in [6.07, 6.45) is 1.49. The fourth-order valence-corrected chi connectivity index (χ4v) is 3.31. The van der Waals surface area contributed by atoms with Crippen LogP contribution in [-0.4, -0.2) is 53.6 Å². The van der Waals surface area contributed by atoms with Gasteiger partial charge in [0, 0.05) is 36.0 Å². The van der Waals surface area contributed by atoms with E-state index in [9.17, 15) is 0 Å². The molecule has 1 aliphatic heterocycles. The predicted octanol–water partition coefficient (Wildman–Crippen LogP) is 2.85. The first-order valence-corrected chi connectivity index (χ1v) is 7.75. The number of morpholine rings is 1. The van der Waals surface area contributed by atoms with E-state index in [1.807, 2.05) is 11.8 Å². The number of thioether (sulfide) groups is 1. The van der Waals surface area contributed by atoms with Gasteiger partial charge in [-0.25, -0.2) is 0 Å². The van der Waals surface area contributed by atoms with Crippen LogP contribution in [0.15, 0.2) is 0 Å². The Morgan fingerprint density at radius 3 is 2.81 bits per heavy atom. The first-order valence-electron chi connectivity index (χ1n) is 6.16. The smallest absolute Gasteiger partial charge is 0.0793 e. The van der Waals surface area contributed by atoms with Crippen LogP contribution < -0.4 is 0 Å². The van der Waals surface area contributed by atoms with Crippen molar-refractivity contribution < 1.29 is 4.74 Å². The van der Waals surface area contributed by atoms with E-state index in [-0.39, 0.29) is 0 Å². The average Bonchev–Trinajstić information content (AvgIpc) is 2.27. The Morgan fingerprint density at radius 1 is 1.44 bits per heavy atom. The van der Waals surface area contributed by atoms with E-state index < -0.39 is 0 Å². The molecule has 2 nitrogen and oxygen atoms in total. The molecule has 1 fully saturated rings. The van der Waals surface area contributed by atoms with Crippen molar-refractivity contribution in [2.24, 2.45) is 0 Å². The second-order valence-electron chi connectivity index (χ2n) is 4.70. The van der Waals surface area contributed by atoms with Gasteiger partial charge in [0.1, 0.15) is 0 Å². The van der Waals surface area contributed by atoms with Gasteiger partial charge < -0.3 is 4.74 Å². The Labute approximate surface area is 109 Å². The molecule has 0 radical (unpaired) electrons. The maximum Gasteiger partial charge on any atom is 0.0793 e. The van der Waals surface area contributed by atoms with Gasteiger partial charge in [-0.1, -0.05) is 6.92 Å². The van der Waals surface area contributed by atoms with Gasteiger partial charge in [0.15, 0.2) is 0 Å². The SMILES string of the molecule is CC(CCCl)SCC1CN(C(C)C)CCO1. The highest BCUT2D eigenvalue weighted by Gasteiger charge is 2.22. The Balaban J connectivity index is 2.21. The van der Waals surface area contributed by atoms with Gasteiger partial charge in [0.25, 0.3) is 0 Å². The summed E-state index contributed by atoms with van der Waals surface area (Å²) in [5.41, 5.74) is 0.